The molecule has 1 aliphatic rings. The fraction of sp³-hybridized carbons (Fsp3) is 0.286. The van der Waals surface area contributed by atoms with Crippen molar-refractivity contribution in [1.29, 1.82) is 0 Å². The Kier molecular flexibility index (Phi) is 3.50. The van der Waals surface area contributed by atoms with Crippen molar-refractivity contribution in [2.45, 2.75) is 11.8 Å². The minimum Gasteiger partial charge on any atom is -0.315 e. The maximum atomic E-state index is 6.36. The van der Waals surface area contributed by atoms with E-state index < -0.39 is 0 Å². The van der Waals surface area contributed by atoms with E-state index in [4.69, 9.17) is 11.6 Å². The fourth-order valence-corrected chi connectivity index (χ4v) is 4.44. The van der Waals surface area contributed by atoms with E-state index in [1.807, 2.05) is 23.5 Å². The van der Waals surface area contributed by atoms with Crippen molar-refractivity contribution in [1.82, 2.24) is 5.32 Å². The van der Waals surface area contributed by atoms with E-state index in [2.05, 4.69) is 44.8 Å². The summed E-state index contributed by atoms with van der Waals surface area (Å²) in [5.41, 5.74) is 1.44. The van der Waals surface area contributed by atoms with Crippen LogP contribution in [0.15, 0.2) is 40.2 Å². The zero-order chi connectivity index (χ0) is 12.6. The van der Waals surface area contributed by atoms with Crippen molar-refractivity contribution in [3.05, 3.63) is 55.6 Å². The van der Waals surface area contributed by atoms with Crippen molar-refractivity contribution in [3.8, 4) is 0 Å². The SMILES string of the molecule is Clc1ccccc1C1(Cc2cc(Br)cs2)CNC1. The molecule has 0 bridgehead atoms. The van der Waals surface area contributed by atoms with Gasteiger partial charge in [0.25, 0.3) is 0 Å². The molecule has 2 heterocycles. The van der Waals surface area contributed by atoms with Crippen molar-refractivity contribution in [2.24, 2.45) is 0 Å². The number of rotatable bonds is 3. The van der Waals surface area contributed by atoms with Crippen LogP contribution >= 0.6 is 38.9 Å². The van der Waals surface area contributed by atoms with E-state index in [1.54, 1.807) is 0 Å². The predicted molar refractivity (Wildman–Crippen MR) is 81.7 cm³/mol. The normalized spacial score (nSPS) is 17.4. The molecule has 0 amide bonds. The van der Waals surface area contributed by atoms with Gasteiger partial charge in [-0.3, -0.25) is 0 Å². The van der Waals surface area contributed by atoms with Crippen LogP contribution in [0, 0.1) is 0 Å². The Morgan fingerprint density at radius 3 is 2.67 bits per heavy atom. The van der Waals surface area contributed by atoms with Crippen LogP contribution in [-0.2, 0) is 11.8 Å². The smallest absolute Gasteiger partial charge is 0.0444 e. The molecule has 1 saturated heterocycles. The van der Waals surface area contributed by atoms with Crippen LogP contribution in [0.3, 0.4) is 0 Å². The van der Waals surface area contributed by atoms with Crippen LogP contribution in [0.4, 0.5) is 0 Å². The van der Waals surface area contributed by atoms with Crippen LogP contribution in [0.5, 0.6) is 0 Å². The molecule has 0 radical (unpaired) electrons. The summed E-state index contributed by atoms with van der Waals surface area (Å²) in [6.45, 7) is 2.01. The van der Waals surface area contributed by atoms with E-state index in [9.17, 15) is 0 Å². The van der Waals surface area contributed by atoms with Crippen molar-refractivity contribution < 1.29 is 0 Å². The number of hydrogen-bond donors (Lipinski definition) is 1. The van der Waals surface area contributed by atoms with Gasteiger partial charge in [-0.25, -0.2) is 0 Å². The highest BCUT2D eigenvalue weighted by Crippen LogP contribution is 2.38. The van der Waals surface area contributed by atoms with E-state index in [1.165, 1.54) is 14.9 Å². The molecular formula is C14H13BrClNS. The minimum absolute atomic E-state index is 0.169. The standard InChI is InChI=1S/C14H13BrClNS/c15-10-5-11(18-7-10)6-14(8-17-9-14)12-3-1-2-4-13(12)16/h1-5,7,17H,6,8-9H2. The van der Waals surface area contributed by atoms with E-state index in [0.717, 1.165) is 24.5 Å². The average molecular weight is 343 g/mol. The van der Waals surface area contributed by atoms with E-state index >= 15 is 0 Å². The Balaban J connectivity index is 1.93. The number of hydrogen-bond acceptors (Lipinski definition) is 2. The first kappa shape index (κ1) is 12.7. The molecule has 1 aliphatic heterocycles. The molecule has 3 rings (SSSR count). The largest absolute Gasteiger partial charge is 0.315 e. The van der Waals surface area contributed by atoms with Gasteiger partial charge in [0, 0.05) is 38.3 Å². The summed E-state index contributed by atoms with van der Waals surface area (Å²) in [7, 11) is 0. The van der Waals surface area contributed by atoms with Gasteiger partial charge in [0.15, 0.2) is 0 Å². The number of nitrogens with one attached hydrogen (secondary N) is 1. The Hall–Kier alpha value is -0.350. The lowest BCUT2D eigenvalue weighted by Gasteiger charge is -2.43. The molecule has 4 heteroatoms. The molecule has 0 saturated carbocycles. The molecule has 1 aromatic heterocycles. The first-order valence-electron chi connectivity index (χ1n) is 5.88. The summed E-state index contributed by atoms with van der Waals surface area (Å²) >= 11 is 11.7. The topological polar surface area (TPSA) is 12.0 Å². The van der Waals surface area contributed by atoms with Gasteiger partial charge in [-0.05, 0) is 40.0 Å². The van der Waals surface area contributed by atoms with Crippen LogP contribution < -0.4 is 5.32 Å². The molecule has 0 aliphatic carbocycles. The minimum atomic E-state index is 0.169. The summed E-state index contributed by atoms with van der Waals surface area (Å²) in [5, 5.41) is 6.41. The Bertz CT molecular complexity index is 562. The lowest BCUT2D eigenvalue weighted by Crippen LogP contribution is -2.58. The fourth-order valence-electron chi connectivity index (χ4n) is 2.51. The van der Waals surface area contributed by atoms with Crippen LogP contribution in [-0.4, -0.2) is 13.1 Å². The monoisotopic (exact) mass is 341 g/mol. The van der Waals surface area contributed by atoms with Crippen LogP contribution in [0.2, 0.25) is 5.02 Å². The van der Waals surface area contributed by atoms with Crippen LogP contribution in [0.25, 0.3) is 0 Å². The van der Waals surface area contributed by atoms with E-state index in [0.29, 0.717) is 0 Å². The number of halogens is 2. The van der Waals surface area contributed by atoms with Gasteiger partial charge in [0.05, 0.1) is 0 Å². The molecule has 1 nitrogen and oxygen atoms in total. The Morgan fingerprint density at radius 2 is 2.11 bits per heavy atom. The lowest BCUT2D eigenvalue weighted by molar-refractivity contribution is 0.276. The van der Waals surface area contributed by atoms with Crippen molar-refractivity contribution in [2.75, 3.05) is 13.1 Å². The summed E-state index contributed by atoms with van der Waals surface area (Å²) in [6.07, 6.45) is 1.06. The molecule has 0 unspecified atom stereocenters. The molecule has 1 aromatic carbocycles. The van der Waals surface area contributed by atoms with Gasteiger partial charge < -0.3 is 5.32 Å². The van der Waals surface area contributed by atoms with Crippen molar-refractivity contribution in [3.63, 3.8) is 0 Å². The summed E-state index contributed by atoms with van der Waals surface area (Å²) in [6, 6.07) is 10.4. The third-order valence-electron chi connectivity index (χ3n) is 3.51. The van der Waals surface area contributed by atoms with Gasteiger partial charge in [-0.1, -0.05) is 29.8 Å². The number of thiophene rings is 1. The van der Waals surface area contributed by atoms with Crippen molar-refractivity contribution >= 4 is 38.9 Å². The first-order chi connectivity index (χ1) is 8.70. The zero-order valence-electron chi connectivity index (χ0n) is 9.75. The summed E-state index contributed by atoms with van der Waals surface area (Å²) < 4.78 is 1.17. The Morgan fingerprint density at radius 1 is 1.33 bits per heavy atom. The van der Waals surface area contributed by atoms with Gasteiger partial charge in [0.2, 0.25) is 0 Å². The average Bonchev–Trinajstić information content (AvgIpc) is 2.71. The lowest BCUT2D eigenvalue weighted by atomic mass is 9.72. The van der Waals surface area contributed by atoms with Gasteiger partial charge in [-0.2, -0.15) is 0 Å². The highest BCUT2D eigenvalue weighted by Gasteiger charge is 2.40. The molecule has 0 atom stereocenters. The quantitative estimate of drug-likeness (QED) is 0.879. The maximum Gasteiger partial charge on any atom is 0.0444 e. The van der Waals surface area contributed by atoms with Gasteiger partial charge >= 0.3 is 0 Å². The highest BCUT2D eigenvalue weighted by molar-refractivity contribution is 9.10. The second-order valence-electron chi connectivity index (χ2n) is 4.77. The predicted octanol–water partition coefficient (Wildman–Crippen LogP) is 4.25. The maximum absolute atomic E-state index is 6.36. The molecule has 18 heavy (non-hydrogen) atoms. The van der Waals surface area contributed by atoms with Gasteiger partial charge in [-0.15, -0.1) is 11.3 Å². The van der Waals surface area contributed by atoms with Crippen LogP contribution in [0.1, 0.15) is 10.4 Å². The molecule has 1 fully saturated rings. The summed E-state index contributed by atoms with van der Waals surface area (Å²) in [4.78, 5) is 1.41. The second-order valence-corrected chi connectivity index (χ2v) is 7.09. The van der Waals surface area contributed by atoms with E-state index in [-0.39, 0.29) is 5.41 Å². The third kappa shape index (κ3) is 2.25. The summed E-state index contributed by atoms with van der Waals surface area (Å²) in [5.74, 6) is 0. The highest BCUT2D eigenvalue weighted by atomic mass is 79.9. The third-order valence-corrected chi connectivity index (χ3v) is 5.53. The second kappa shape index (κ2) is 4.97. The number of benzene rings is 1. The zero-order valence-corrected chi connectivity index (χ0v) is 12.9. The van der Waals surface area contributed by atoms with Gasteiger partial charge in [0.1, 0.15) is 0 Å². The molecule has 2 aromatic rings. The molecule has 0 spiro atoms. The molecule has 1 N–H and O–H groups in total. The Labute approximate surface area is 124 Å². The first-order valence-corrected chi connectivity index (χ1v) is 7.93. The molecule has 94 valence electrons. The molecular weight excluding hydrogens is 330 g/mol.